The summed E-state index contributed by atoms with van der Waals surface area (Å²) in [4.78, 5) is 15.1. The third-order valence-electron chi connectivity index (χ3n) is 1.72. The van der Waals surface area contributed by atoms with Gasteiger partial charge in [-0.05, 0) is 12.8 Å². The first-order valence-electron chi connectivity index (χ1n) is 4.63. The summed E-state index contributed by atoms with van der Waals surface area (Å²) in [5, 5.41) is 17.2. The number of anilines is 1. The number of ether oxygens (including phenoxy) is 1. The Hall–Kier alpha value is -1.63. The Kier molecular flexibility index (Phi) is 4.55. The molecule has 0 aliphatic rings. The number of aliphatic hydroxyl groups excluding tert-OH is 1. The average Bonchev–Trinajstić information content (AvgIpc) is 2.66. The molecule has 0 saturated carbocycles. The molecule has 0 fully saturated rings. The maximum atomic E-state index is 11.3. The Morgan fingerprint density at radius 1 is 1.60 bits per heavy atom. The minimum atomic E-state index is -0.165. The quantitative estimate of drug-likeness (QED) is 0.575. The van der Waals surface area contributed by atoms with Gasteiger partial charge in [-0.25, -0.2) is 5.10 Å². The van der Waals surface area contributed by atoms with E-state index in [4.69, 9.17) is 9.84 Å². The molecule has 1 aromatic rings. The minimum Gasteiger partial charge on any atom is -0.466 e. The number of nitrogens with zero attached hydrogens (tertiary/aromatic N) is 2. The number of amides is 1. The smallest absolute Gasteiger partial charge is 0.336 e. The molecule has 0 aliphatic carbocycles. The fraction of sp³-hybridized carbons (Fsp3) is 0.625. The van der Waals surface area contributed by atoms with Gasteiger partial charge in [0.1, 0.15) is 0 Å². The summed E-state index contributed by atoms with van der Waals surface area (Å²) in [6.45, 7) is 0.101. The van der Waals surface area contributed by atoms with Crippen LogP contribution in [0.4, 0.5) is 5.95 Å². The van der Waals surface area contributed by atoms with Crippen molar-refractivity contribution < 1.29 is 14.6 Å². The van der Waals surface area contributed by atoms with Crippen LogP contribution < -0.4 is 10.1 Å². The van der Waals surface area contributed by atoms with E-state index in [0.29, 0.717) is 19.3 Å². The summed E-state index contributed by atoms with van der Waals surface area (Å²) in [7, 11) is 1.44. The van der Waals surface area contributed by atoms with Crippen LogP contribution in [-0.4, -0.2) is 39.9 Å². The van der Waals surface area contributed by atoms with Crippen LogP contribution in [0.1, 0.15) is 19.3 Å². The van der Waals surface area contributed by atoms with Gasteiger partial charge in [-0.2, -0.15) is 4.98 Å². The van der Waals surface area contributed by atoms with E-state index in [9.17, 15) is 4.79 Å². The Morgan fingerprint density at radius 2 is 2.40 bits per heavy atom. The second-order valence-electron chi connectivity index (χ2n) is 2.90. The molecule has 7 heteroatoms. The van der Waals surface area contributed by atoms with Crippen molar-refractivity contribution in [3.63, 3.8) is 0 Å². The van der Waals surface area contributed by atoms with Gasteiger partial charge in [-0.1, -0.05) is 0 Å². The van der Waals surface area contributed by atoms with Crippen molar-refractivity contribution in [2.45, 2.75) is 19.3 Å². The molecule has 3 N–H and O–H groups in total. The maximum Gasteiger partial charge on any atom is 0.336 e. The molecule has 1 aromatic heterocycles. The molecule has 0 aliphatic heterocycles. The highest BCUT2D eigenvalue weighted by Gasteiger charge is 2.06. The lowest BCUT2D eigenvalue weighted by atomic mass is 10.2. The van der Waals surface area contributed by atoms with E-state index in [0.717, 1.165) is 0 Å². The van der Waals surface area contributed by atoms with Crippen LogP contribution in [0, 0.1) is 0 Å². The van der Waals surface area contributed by atoms with Crippen LogP contribution in [-0.2, 0) is 4.79 Å². The number of rotatable bonds is 6. The summed E-state index contributed by atoms with van der Waals surface area (Å²) in [5.41, 5.74) is 0. The van der Waals surface area contributed by atoms with E-state index < -0.39 is 0 Å². The van der Waals surface area contributed by atoms with E-state index in [2.05, 4.69) is 20.5 Å². The van der Waals surface area contributed by atoms with Crippen molar-refractivity contribution in [1.29, 1.82) is 0 Å². The topological polar surface area (TPSA) is 100 Å². The van der Waals surface area contributed by atoms with Gasteiger partial charge in [-0.15, -0.1) is 5.10 Å². The number of hydrogen-bond acceptors (Lipinski definition) is 5. The summed E-state index contributed by atoms with van der Waals surface area (Å²) in [6, 6.07) is 0.181. The van der Waals surface area contributed by atoms with Gasteiger partial charge >= 0.3 is 6.01 Å². The maximum absolute atomic E-state index is 11.3. The Bertz CT molecular complexity index is 313. The highest BCUT2D eigenvalue weighted by atomic mass is 16.5. The molecule has 0 spiro atoms. The van der Waals surface area contributed by atoms with Gasteiger partial charge in [0.05, 0.1) is 7.11 Å². The molecular weight excluding hydrogens is 200 g/mol. The SMILES string of the molecule is COc1n[nH]c(NC(=O)CCCCO)n1. The molecule has 0 bridgehead atoms. The van der Waals surface area contributed by atoms with Crippen molar-refractivity contribution in [2.24, 2.45) is 0 Å². The van der Waals surface area contributed by atoms with Crippen LogP contribution in [0.15, 0.2) is 0 Å². The van der Waals surface area contributed by atoms with Crippen LogP contribution in [0.2, 0.25) is 0 Å². The zero-order valence-corrected chi connectivity index (χ0v) is 8.49. The number of aliphatic hydroxyl groups is 1. The van der Waals surface area contributed by atoms with Gasteiger partial charge in [0, 0.05) is 13.0 Å². The molecule has 15 heavy (non-hydrogen) atoms. The molecule has 1 amide bonds. The van der Waals surface area contributed by atoms with Gasteiger partial charge < -0.3 is 9.84 Å². The van der Waals surface area contributed by atoms with Crippen molar-refractivity contribution >= 4 is 11.9 Å². The monoisotopic (exact) mass is 214 g/mol. The first kappa shape index (κ1) is 11.4. The standard InChI is InChI=1S/C8H14N4O3/c1-15-8-10-7(11-12-8)9-6(14)4-2-3-5-13/h13H,2-5H2,1H3,(H2,9,10,11,12,14). The van der Waals surface area contributed by atoms with Crippen molar-refractivity contribution in [3.8, 4) is 6.01 Å². The summed E-state index contributed by atoms with van der Waals surface area (Å²) >= 11 is 0. The number of methoxy groups -OCH3 is 1. The Labute approximate surface area is 86.9 Å². The molecule has 1 rings (SSSR count). The largest absolute Gasteiger partial charge is 0.466 e. The Morgan fingerprint density at radius 3 is 3.00 bits per heavy atom. The zero-order chi connectivity index (χ0) is 11.1. The number of hydrogen-bond donors (Lipinski definition) is 3. The molecule has 7 nitrogen and oxygen atoms in total. The lowest BCUT2D eigenvalue weighted by Crippen LogP contribution is -2.12. The molecule has 84 valence electrons. The minimum absolute atomic E-state index is 0.101. The van der Waals surface area contributed by atoms with Gasteiger partial charge in [0.2, 0.25) is 11.9 Å². The van der Waals surface area contributed by atoms with Crippen LogP contribution in [0.3, 0.4) is 0 Å². The summed E-state index contributed by atoms with van der Waals surface area (Å²) in [6.07, 6.45) is 1.62. The van der Waals surface area contributed by atoms with Crippen LogP contribution in [0.25, 0.3) is 0 Å². The first-order chi connectivity index (χ1) is 7.26. The number of unbranched alkanes of at least 4 members (excludes halogenated alkanes) is 1. The van der Waals surface area contributed by atoms with Gasteiger partial charge in [0.25, 0.3) is 0 Å². The predicted octanol–water partition coefficient (Wildman–Crippen LogP) is -0.0856. The van der Waals surface area contributed by atoms with E-state index >= 15 is 0 Å². The number of nitrogens with one attached hydrogen (secondary N) is 2. The highest BCUT2D eigenvalue weighted by molar-refractivity contribution is 5.88. The molecule has 0 radical (unpaired) electrons. The fourth-order valence-electron chi connectivity index (χ4n) is 0.986. The molecule has 0 saturated heterocycles. The predicted molar refractivity (Wildman–Crippen MR) is 52.5 cm³/mol. The second-order valence-corrected chi connectivity index (χ2v) is 2.90. The van der Waals surface area contributed by atoms with E-state index in [-0.39, 0.29) is 24.5 Å². The van der Waals surface area contributed by atoms with Crippen LogP contribution >= 0.6 is 0 Å². The van der Waals surface area contributed by atoms with Crippen molar-refractivity contribution in [3.05, 3.63) is 0 Å². The number of H-pyrrole nitrogens is 1. The van der Waals surface area contributed by atoms with Crippen molar-refractivity contribution in [2.75, 3.05) is 19.0 Å². The second kappa shape index (κ2) is 5.97. The number of carbonyl (C=O) groups is 1. The third-order valence-corrected chi connectivity index (χ3v) is 1.72. The van der Waals surface area contributed by atoms with Gasteiger partial charge in [-0.3, -0.25) is 10.1 Å². The number of aromatic amines is 1. The lowest BCUT2D eigenvalue weighted by Gasteiger charge is -1.99. The van der Waals surface area contributed by atoms with E-state index in [1.807, 2.05) is 0 Å². The molecule has 0 aromatic carbocycles. The highest BCUT2D eigenvalue weighted by Crippen LogP contribution is 2.05. The summed E-state index contributed by atoms with van der Waals surface area (Å²) in [5.74, 6) is 0.100. The number of aromatic nitrogens is 3. The zero-order valence-electron chi connectivity index (χ0n) is 8.49. The summed E-state index contributed by atoms with van der Waals surface area (Å²) < 4.78 is 4.74. The number of carbonyl (C=O) groups excluding carboxylic acids is 1. The first-order valence-corrected chi connectivity index (χ1v) is 4.63. The molecule has 0 atom stereocenters. The Balaban J connectivity index is 2.31. The van der Waals surface area contributed by atoms with Crippen molar-refractivity contribution in [1.82, 2.24) is 15.2 Å². The van der Waals surface area contributed by atoms with Crippen LogP contribution in [0.5, 0.6) is 6.01 Å². The van der Waals surface area contributed by atoms with Gasteiger partial charge in [0.15, 0.2) is 0 Å². The van der Waals surface area contributed by atoms with E-state index in [1.54, 1.807) is 0 Å². The molecule has 0 unspecified atom stereocenters. The van der Waals surface area contributed by atoms with E-state index in [1.165, 1.54) is 7.11 Å². The molecular formula is C8H14N4O3. The lowest BCUT2D eigenvalue weighted by molar-refractivity contribution is -0.116. The normalized spacial score (nSPS) is 10.0. The average molecular weight is 214 g/mol. The fourth-order valence-corrected chi connectivity index (χ4v) is 0.986. The molecule has 1 heterocycles. The third kappa shape index (κ3) is 3.94.